The highest BCUT2D eigenvalue weighted by atomic mass is 15.2. The van der Waals surface area contributed by atoms with Gasteiger partial charge in [0, 0.05) is 18.6 Å². The number of nitrogens with zero attached hydrogens (tertiary/aromatic N) is 2. The second-order valence-corrected chi connectivity index (χ2v) is 6.48. The maximum absolute atomic E-state index is 3.66. The Morgan fingerprint density at radius 2 is 2.11 bits per heavy atom. The summed E-state index contributed by atoms with van der Waals surface area (Å²) in [6, 6.07) is 1.63. The molecule has 0 amide bonds. The molecule has 0 spiro atoms. The lowest BCUT2D eigenvalue weighted by Gasteiger charge is -2.28. The first-order valence-corrected chi connectivity index (χ1v) is 8.45. The van der Waals surface area contributed by atoms with Gasteiger partial charge in [-0.05, 0) is 71.8 Å². The Morgan fingerprint density at radius 3 is 2.84 bits per heavy atom. The van der Waals surface area contributed by atoms with Gasteiger partial charge in [-0.15, -0.1) is 0 Å². The monoisotopic (exact) mass is 267 g/mol. The molecule has 2 rings (SSSR count). The fraction of sp³-hybridized carbons (Fsp3) is 1.00. The summed E-state index contributed by atoms with van der Waals surface area (Å²) in [7, 11) is 2.31. The number of likely N-dealkylation sites (tertiary alicyclic amines) is 1. The van der Waals surface area contributed by atoms with Crippen LogP contribution < -0.4 is 5.32 Å². The van der Waals surface area contributed by atoms with Crippen molar-refractivity contribution in [3.05, 3.63) is 0 Å². The molecular formula is C16H33N3. The summed E-state index contributed by atoms with van der Waals surface area (Å²) >= 11 is 0. The molecule has 0 radical (unpaired) electrons. The van der Waals surface area contributed by atoms with E-state index in [9.17, 15) is 0 Å². The van der Waals surface area contributed by atoms with Gasteiger partial charge in [0.15, 0.2) is 0 Å². The van der Waals surface area contributed by atoms with Gasteiger partial charge in [0.2, 0.25) is 0 Å². The zero-order chi connectivity index (χ0) is 13.5. The molecule has 19 heavy (non-hydrogen) atoms. The highest BCUT2D eigenvalue weighted by molar-refractivity contribution is 4.80. The van der Waals surface area contributed by atoms with Crippen molar-refractivity contribution in [1.29, 1.82) is 0 Å². The largest absolute Gasteiger partial charge is 0.314 e. The Balaban J connectivity index is 1.57. The summed E-state index contributed by atoms with van der Waals surface area (Å²) in [5, 5.41) is 3.66. The lowest BCUT2D eigenvalue weighted by Crippen LogP contribution is -2.39. The highest BCUT2D eigenvalue weighted by Crippen LogP contribution is 2.17. The Labute approximate surface area is 119 Å². The maximum atomic E-state index is 3.66. The molecule has 3 nitrogen and oxygen atoms in total. The Hall–Kier alpha value is -0.120. The van der Waals surface area contributed by atoms with Crippen molar-refractivity contribution >= 4 is 0 Å². The first-order valence-electron chi connectivity index (χ1n) is 8.45. The summed E-state index contributed by atoms with van der Waals surface area (Å²) in [4.78, 5) is 5.21. The van der Waals surface area contributed by atoms with E-state index in [1.54, 1.807) is 0 Å². The molecule has 2 unspecified atom stereocenters. The lowest BCUT2D eigenvalue weighted by molar-refractivity contribution is 0.195. The standard InChI is InChI=1S/C16H33N3/c1-3-19-13-7-10-16(19)14-18(2)12-6-9-15-8-4-5-11-17-15/h15-17H,3-14H2,1-2H3. The third-order valence-electron chi connectivity index (χ3n) is 4.93. The molecule has 2 aliphatic rings. The minimum atomic E-state index is 0.806. The summed E-state index contributed by atoms with van der Waals surface area (Å²) < 4.78 is 0. The van der Waals surface area contributed by atoms with Crippen LogP contribution in [0.25, 0.3) is 0 Å². The minimum Gasteiger partial charge on any atom is -0.314 e. The van der Waals surface area contributed by atoms with Crippen LogP contribution in [0.15, 0.2) is 0 Å². The number of hydrogen-bond donors (Lipinski definition) is 1. The van der Waals surface area contributed by atoms with Crippen LogP contribution in [0.3, 0.4) is 0 Å². The van der Waals surface area contributed by atoms with Gasteiger partial charge >= 0.3 is 0 Å². The predicted octanol–water partition coefficient (Wildman–Crippen LogP) is 2.32. The van der Waals surface area contributed by atoms with Crippen molar-refractivity contribution in [1.82, 2.24) is 15.1 Å². The third kappa shape index (κ3) is 5.05. The van der Waals surface area contributed by atoms with Crippen LogP contribution in [0.1, 0.15) is 51.9 Å². The number of piperidine rings is 1. The van der Waals surface area contributed by atoms with Gasteiger partial charge in [-0.1, -0.05) is 13.3 Å². The lowest BCUT2D eigenvalue weighted by atomic mass is 10.0. The highest BCUT2D eigenvalue weighted by Gasteiger charge is 2.23. The molecule has 2 aliphatic heterocycles. The molecule has 0 aromatic rings. The first kappa shape index (κ1) is 15.3. The Bertz CT molecular complexity index is 238. The van der Waals surface area contributed by atoms with E-state index in [0.717, 1.165) is 12.1 Å². The number of likely N-dealkylation sites (N-methyl/N-ethyl adjacent to an activating group) is 2. The van der Waals surface area contributed by atoms with Gasteiger partial charge in [-0.2, -0.15) is 0 Å². The average Bonchev–Trinajstić information content (AvgIpc) is 2.87. The fourth-order valence-electron chi connectivity index (χ4n) is 3.75. The molecule has 0 bridgehead atoms. The fourth-order valence-corrected chi connectivity index (χ4v) is 3.75. The van der Waals surface area contributed by atoms with Crippen molar-refractivity contribution < 1.29 is 0 Å². The van der Waals surface area contributed by atoms with Crippen LogP contribution in [0, 0.1) is 0 Å². The van der Waals surface area contributed by atoms with Crippen molar-refractivity contribution in [3.8, 4) is 0 Å². The molecule has 2 saturated heterocycles. The van der Waals surface area contributed by atoms with Gasteiger partial charge in [0.25, 0.3) is 0 Å². The molecule has 1 N–H and O–H groups in total. The Morgan fingerprint density at radius 1 is 1.21 bits per heavy atom. The molecule has 0 aromatic carbocycles. The molecule has 2 heterocycles. The molecule has 3 heteroatoms. The maximum Gasteiger partial charge on any atom is 0.0223 e. The van der Waals surface area contributed by atoms with E-state index in [-0.39, 0.29) is 0 Å². The van der Waals surface area contributed by atoms with Crippen LogP contribution in [0.4, 0.5) is 0 Å². The normalized spacial score (nSPS) is 29.2. The Kier molecular flexibility index (Phi) is 6.62. The summed E-state index contributed by atoms with van der Waals surface area (Å²) in [5.74, 6) is 0. The minimum absolute atomic E-state index is 0.806. The molecule has 0 aromatic heterocycles. The van der Waals surface area contributed by atoms with Gasteiger partial charge in [0.1, 0.15) is 0 Å². The summed E-state index contributed by atoms with van der Waals surface area (Å²) in [5.41, 5.74) is 0. The first-order chi connectivity index (χ1) is 9.29. The molecule has 2 fully saturated rings. The van der Waals surface area contributed by atoms with E-state index >= 15 is 0 Å². The van der Waals surface area contributed by atoms with E-state index in [1.807, 2.05) is 0 Å². The number of nitrogens with one attached hydrogen (secondary N) is 1. The third-order valence-corrected chi connectivity index (χ3v) is 4.93. The average molecular weight is 267 g/mol. The molecule has 112 valence electrons. The smallest absolute Gasteiger partial charge is 0.0223 e. The van der Waals surface area contributed by atoms with E-state index in [1.165, 1.54) is 77.7 Å². The quantitative estimate of drug-likeness (QED) is 0.764. The molecule has 0 aliphatic carbocycles. The zero-order valence-electron chi connectivity index (χ0n) is 13.0. The van der Waals surface area contributed by atoms with E-state index in [0.29, 0.717) is 0 Å². The van der Waals surface area contributed by atoms with Crippen molar-refractivity contribution in [2.75, 3.05) is 39.8 Å². The number of rotatable bonds is 7. The van der Waals surface area contributed by atoms with E-state index in [4.69, 9.17) is 0 Å². The van der Waals surface area contributed by atoms with Crippen LogP contribution in [0.5, 0.6) is 0 Å². The van der Waals surface area contributed by atoms with Crippen molar-refractivity contribution in [3.63, 3.8) is 0 Å². The van der Waals surface area contributed by atoms with Crippen molar-refractivity contribution in [2.24, 2.45) is 0 Å². The van der Waals surface area contributed by atoms with Gasteiger partial charge < -0.3 is 10.2 Å². The van der Waals surface area contributed by atoms with Gasteiger partial charge in [-0.25, -0.2) is 0 Å². The second-order valence-electron chi connectivity index (χ2n) is 6.48. The van der Waals surface area contributed by atoms with E-state index in [2.05, 4.69) is 29.1 Å². The number of hydrogen-bond acceptors (Lipinski definition) is 3. The molecule has 0 saturated carbocycles. The van der Waals surface area contributed by atoms with E-state index < -0.39 is 0 Å². The predicted molar refractivity (Wildman–Crippen MR) is 82.6 cm³/mol. The molecule has 2 atom stereocenters. The summed E-state index contributed by atoms with van der Waals surface area (Å²) in [6.45, 7) is 8.63. The van der Waals surface area contributed by atoms with Crippen LogP contribution in [-0.2, 0) is 0 Å². The zero-order valence-corrected chi connectivity index (χ0v) is 13.0. The van der Waals surface area contributed by atoms with Crippen LogP contribution in [-0.4, -0.2) is 61.7 Å². The topological polar surface area (TPSA) is 18.5 Å². The SMILES string of the molecule is CCN1CCCC1CN(C)CCCC1CCCCN1. The molecular weight excluding hydrogens is 234 g/mol. The van der Waals surface area contributed by atoms with Gasteiger partial charge in [0.05, 0.1) is 0 Å². The van der Waals surface area contributed by atoms with Crippen LogP contribution >= 0.6 is 0 Å². The van der Waals surface area contributed by atoms with Crippen molar-refractivity contribution in [2.45, 2.75) is 64.0 Å². The second kappa shape index (κ2) is 8.23. The van der Waals surface area contributed by atoms with Crippen LogP contribution in [0.2, 0.25) is 0 Å². The summed E-state index contributed by atoms with van der Waals surface area (Å²) in [6.07, 6.45) is 9.74. The van der Waals surface area contributed by atoms with Gasteiger partial charge in [-0.3, -0.25) is 4.90 Å².